The first-order valence-corrected chi connectivity index (χ1v) is 5.97. The van der Waals surface area contributed by atoms with Crippen LogP contribution in [0.1, 0.15) is 17.2 Å². The summed E-state index contributed by atoms with van der Waals surface area (Å²) < 4.78 is 0. The number of nitrogens with one attached hydrogen (secondary N) is 1. The van der Waals surface area contributed by atoms with Crippen LogP contribution in [-0.2, 0) is 6.54 Å². The lowest BCUT2D eigenvalue weighted by atomic mass is 10.1. The van der Waals surface area contributed by atoms with Crippen molar-refractivity contribution in [1.29, 1.82) is 0 Å². The van der Waals surface area contributed by atoms with Crippen LogP contribution in [0.2, 0.25) is 0 Å². The van der Waals surface area contributed by atoms with Gasteiger partial charge in [0.25, 0.3) is 0 Å². The second-order valence-corrected chi connectivity index (χ2v) is 4.16. The summed E-state index contributed by atoms with van der Waals surface area (Å²) in [5, 5.41) is 22.3. The van der Waals surface area contributed by atoms with Gasteiger partial charge >= 0.3 is 0 Å². The largest absolute Gasteiger partial charge is 0.508 e. The van der Waals surface area contributed by atoms with Gasteiger partial charge in [-0.3, -0.25) is 0 Å². The summed E-state index contributed by atoms with van der Waals surface area (Å²) in [7, 11) is 0. The predicted octanol–water partition coefficient (Wildman–Crippen LogP) is 2.22. The molecule has 0 unspecified atom stereocenters. The lowest BCUT2D eigenvalue weighted by Gasteiger charge is -2.17. The van der Waals surface area contributed by atoms with Crippen LogP contribution in [-0.4, -0.2) is 16.8 Å². The van der Waals surface area contributed by atoms with Gasteiger partial charge in [0.2, 0.25) is 0 Å². The maximum atomic E-state index is 9.66. The fraction of sp³-hybridized carbons (Fsp3) is 0.200. The molecule has 3 N–H and O–H groups in total. The third kappa shape index (κ3) is 3.09. The minimum Gasteiger partial charge on any atom is -0.508 e. The third-order valence-electron chi connectivity index (χ3n) is 2.92. The molecule has 94 valence electrons. The fourth-order valence-electron chi connectivity index (χ4n) is 1.87. The molecule has 1 atom stereocenters. The van der Waals surface area contributed by atoms with Gasteiger partial charge in [-0.25, -0.2) is 0 Å². The van der Waals surface area contributed by atoms with E-state index in [9.17, 15) is 10.2 Å². The molecule has 0 aliphatic rings. The summed E-state index contributed by atoms with van der Waals surface area (Å²) in [4.78, 5) is 0. The van der Waals surface area contributed by atoms with Crippen molar-refractivity contribution in [2.75, 3.05) is 6.61 Å². The fourth-order valence-corrected chi connectivity index (χ4v) is 1.87. The molecule has 2 rings (SSSR count). The average molecular weight is 243 g/mol. The number of aliphatic hydroxyl groups excluding tert-OH is 1. The lowest BCUT2D eigenvalue weighted by Crippen LogP contribution is -2.23. The van der Waals surface area contributed by atoms with E-state index in [-0.39, 0.29) is 18.4 Å². The number of aliphatic hydroxyl groups is 1. The van der Waals surface area contributed by atoms with E-state index in [0.29, 0.717) is 6.54 Å². The maximum Gasteiger partial charge on any atom is 0.120 e. The van der Waals surface area contributed by atoms with Crippen LogP contribution in [0.5, 0.6) is 5.75 Å². The number of benzene rings is 2. The number of phenols is 1. The molecule has 18 heavy (non-hydrogen) atoms. The zero-order chi connectivity index (χ0) is 12.8. The van der Waals surface area contributed by atoms with Crippen molar-refractivity contribution in [2.24, 2.45) is 0 Å². The number of phenolic OH excluding ortho intramolecular Hbond substituents is 1. The molecule has 0 bridgehead atoms. The molecule has 0 saturated carbocycles. The van der Waals surface area contributed by atoms with E-state index in [2.05, 4.69) is 5.32 Å². The first kappa shape index (κ1) is 12.6. The quantitative estimate of drug-likeness (QED) is 0.754. The highest BCUT2D eigenvalue weighted by Gasteiger charge is 2.09. The highest BCUT2D eigenvalue weighted by Crippen LogP contribution is 2.17. The summed E-state index contributed by atoms with van der Waals surface area (Å²) in [6.07, 6.45) is 0. The molecule has 3 heteroatoms. The van der Waals surface area contributed by atoms with Crippen LogP contribution in [0.25, 0.3) is 0 Å². The van der Waals surface area contributed by atoms with Gasteiger partial charge in [0.05, 0.1) is 12.6 Å². The van der Waals surface area contributed by atoms with Gasteiger partial charge in [-0.15, -0.1) is 0 Å². The van der Waals surface area contributed by atoms with Crippen LogP contribution >= 0.6 is 0 Å². The molecule has 0 spiro atoms. The molecule has 0 saturated heterocycles. The monoisotopic (exact) mass is 243 g/mol. The third-order valence-corrected chi connectivity index (χ3v) is 2.92. The number of hydrogen-bond acceptors (Lipinski definition) is 3. The molecule has 0 aliphatic heterocycles. The highest BCUT2D eigenvalue weighted by molar-refractivity contribution is 5.31. The van der Waals surface area contributed by atoms with E-state index in [4.69, 9.17) is 0 Å². The summed E-state index contributed by atoms with van der Waals surface area (Å²) in [5.74, 6) is 0.273. The summed E-state index contributed by atoms with van der Waals surface area (Å²) in [5.41, 5.74) is 1.86. The Kier molecular flexibility index (Phi) is 4.34. The van der Waals surface area contributed by atoms with Crippen LogP contribution < -0.4 is 5.32 Å². The SMILES string of the molecule is OC[C@H](NCc1ccccc1O)c1ccccc1. The van der Waals surface area contributed by atoms with Crippen molar-refractivity contribution in [3.05, 3.63) is 65.7 Å². The van der Waals surface area contributed by atoms with E-state index in [0.717, 1.165) is 11.1 Å². The van der Waals surface area contributed by atoms with Crippen LogP contribution in [0.15, 0.2) is 54.6 Å². The molecule has 0 radical (unpaired) electrons. The average Bonchev–Trinajstić information content (AvgIpc) is 2.42. The molecule has 0 heterocycles. The van der Waals surface area contributed by atoms with Gasteiger partial charge < -0.3 is 15.5 Å². The summed E-state index contributed by atoms with van der Waals surface area (Å²) in [6, 6.07) is 16.9. The Balaban J connectivity index is 2.02. The second kappa shape index (κ2) is 6.19. The Morgan fingerprint density at radius 1 is 0.944 bits per heavy atom. The molecule has 0 amide bonds. The molecular weight excluding hydrogens is 226 g/mol. The first-order chi connectivity index (χ1) is 8.81. The van der Waals surface area contributed by atoms with Crippen molar-refractivity contribution >= 4 is 0 Å². The summed E-state index contributed by atoms with van der Waals surface area (Å²) >= 11 is 0. The normalized spacial score (nSPS) is 12.3. The molecule has 0 aromatic heterocycles. The molecule has 3 nitrogen and oxygen atoms in total. The van der Waals surface area contributed by atoms with Gasteiger partial charge in [0.15, 0.2) is 0 Å². The van der Waals surface area contributed by atoms with Crippen molar-refractivity contribution in [2.45, 2.75) is 12.6 Å². The first-order valence-electron chi connectivity index (χ1n) is 5.97. The molecule has 2 aromatic rings. The predicted molar refractivity (Wildman–Crippen MR) is 71.2 cm³/mol. The lowest BCUT2D eigenvalue weighted by molar-refractivity contribution is 0.243. The number of hydrogen-bond donors (Lipinski definition) is 3. The van der Waals surface area contributed by atoms with E-state index in [1.165, 1.54) is 0 Å². The Hall–Kier alpha value is -1.84. The zero-order valence-electron chi connectivity index (χ0n) is 10.1. The Labute approximate surface area is 107 Å². The van der Waals surface area contributed by atoms with Gasteiger partial charge in [0, 0.05) is 12.1 Å². The molecule has 0 fully saturated rings. The van der Waals surface area contributed by atoms with E-state index < -0.39 is 0 Å². The van der Waals surface area contributed by atoms with E-state index in [1.54, 1.807) is 12.1 Å². The Bertz CT molecular complexity index is 485. The van der Waals surface area contributed by atoms with Crippen molar-refractivity contribution in [1.82, 2.24) is 5.32 Å². The van der Waals surface area contributed by atoms with Crippen LogP contribution in [0, 0.1) is 0 Å². The van der Waals surface area contributed by atoms with Crippen molar-refractivity contribution in [3.63, 3.8) is 0 Å². The van der Waals surface area contributed by atoms with Crippen molar-refractivity contribution < 1.29 is 10.2 Å². The van der Waals surface area contributed by atoms with Crippen LogP contribution in [0.4, 0.5) is 0 Å². The van der Waals surface area contributed by atoms with Crippen LogP contribution in [0.3, 0.4) is 0 Å². The van der Waals surface area contributed by atoms with Gasteiger partial charge in [-0.2, -0.15) is 0 Å². The van der Waals surface area contributed by atoms with Gasteiger partial charge in [-0.05, 0) is 11.6 Å². The maximum absolute atomic E-state index is 9.66. The molecular formula is C15H17NO2. The number of aromatic hydroxyl groups is 1. The summed E-state index contributed by atoms with van der Waals surface area (Å²) in [6.45, 7) is 0.546. The van der Waals surface area contributed by atoms with E-state index in [1.807, 2.05) is 42.5 Å². The second-order valence-electron chi connectivity index (χ2n) is 4.16. The van der Waals surface area contributed by atoms with E-state index >= 15 is 0 Å². The van der Waals surface area contributed by atoms with Crippen molar-refractivity contribution in [3.8, 4) is 5.75 Å². The molecule has 0 aliphatic carbocycles. The zero-order valence-corrected chi connectivity index (χ0v) is 10.1. The topological polar surface area (TPSA) is 52.5 Å². The minimum atomic E-state index is -0.120. The number of rotatable bonds is 5. The Morgan fingerprint density at radius 3 is 2.28 bits per heavy atom. The highest BCUT2D eigenvalue weighted by atomic mass is 16.3. The number of para-hydroxylation sites is 1. The molecule has 2 aromatic carbocycles. The van der Waals surface area contributed by atoms with Gasteiger partial charge in [-0.1, -0.05) is 48.5 Å². The smallest absolute Gasteiger partial charge is 0.120 e. The standard InChI is InChI=1S/C15H17NO2/c17-11-14(12-6-2-1-3-7-12)16-10-13-8-4-5-9-15(13)18/h1-9,14,16-18H,10-11H2/t14-/m0/s1. The Morgan fingerprint density at radius 2 is 1.61 bits per heavy atom. The van der Waals surface area contributed by atoms with Gasteiger partial charge in [0.1, 0.15) is 5.75 Å². The minimum absolute atomic E-state index is 0.0254.